The van der Waals surface area contributed by atoms with Crippen LogP contribution in [0.25, 0.3) is 10.9 Å². The number of aldehydes is 1. The Morgan fingerprint density at radius 1 is 1.03 bits per heavy atom. The highest BCUT2D eigenvalue weighted by atomic mass is 35.5. The van der Waals surface area contributed by atoms with Crippen LogP contribution in [0.4, 0.5) is 5.69 Å². The summed E-state index contributed by atoms with van der Waals surface area (Å²) in [4.78, 5) is 29.5. The predicted octanol–water partition coefficient (Wildman–Crippen LogP) is 5.98. The molecule has 0 unspecified atom stereocenters. The Balaban J connectivity index is 1.06. The van der Waals surface area contributed by atoms with Crippen LogP contribution in [0.1, 0.15) is 60.9 Å². The zero-order valence-electron chi connectivity index (χ0n) is 22.0. The molecular weight excluding hydrogens is 496 g/mol. The third kappa shape index (κ3) is 5.08. The van der Waals surface area contributed by atoms with E-state index in [0.29, 0.717) is 29.1 Å². The highest BCUT2D eigenvalue weighted by Gasteiger charge is 2.40. The van der Waals surface area contributed by atoms with E-state index < -0.39 is 0 Å². The lowest BCUT2D eigenvalue weighted by molar-refractivity contribution is -0.134. The van der Waals surface area contributed by atoms with Crippen LogP contribution in [-0.4, -0.2) is 58.8 Å². The van der Waals surface area contributed by atoms with Gasteiger partial charge in [0.15, 0.2) is 6.29 Å². The largest absolute Gasteiger partial charge is 0.381 e. The number of carbonyl (C=O) groups excluding carboxylic acids is 2. The molecule has 200 valence electrons. The van der Waals surface area contributed by atoms with E-state index in [-0.39, 0.29) is 5.91 Å². The van der Waals surface area contributed by atoms with Crippen molar-refractivity contribution in [2.24, 2.45) is 5.41 Å². The summed E-state index contributed by atoms with van der Waals surface area (Å²) in [5.74, 6) is 0.208. The van der Waals surface area contributed by atoms with Gasteiger partial charge in [-0.05, 0) is 98.7 Å². The Bertz CT molecular complexity index is 1310. The number of likely N-dealkylation sites (tertiary alicyclic amines) is 2. The highest BCUT2D eigenvalue weighted by Crippen LogP contribution is 2.46. The third-order valence-electron chi connectivity index (χ3n) is 9.42. The molecular formula is C31H37ClN4O2. The quantitative estimate of drug-likeness (QED) is 0.380. The van der Waals surface area contributed by atoms with Gasteiger partial charge < -0.3 is 19.7 Å². The van der Waals surface area contributed by atoms with Gasteiger partial charge in [-0.3, -0.25) is 9.59 Å². The lowest BCUT2D eigenvalue weighted by atomic mass is 9.66. The Kier molecular flexibility index (Phi) is 7.19. The van der Waals surface area contributed by atoms with Crippen LogP contribution in [-0.2, 0) is 17.9 Å². The summed E-state index contributed by atoms with van der Waals surface area (Å²) in [7, 11) is 0. The van der Waals surface area contributed by atoms with E-state index >= 15 is 0 Å². The molecule has 7 heteroatoms. The summed E-state index contributed by atoms with van der Waals surface area (Å²) >= 11 is 6.18. The first kappa shape index (κ1) is 25.4. The molecule has 1 saturated carbocycles. The topological polar surface area (TPSA) is 57.6 Å². The minimum Gasteiger partial charge on any atom is -0.381 e. The fourth-order valence-electron chi connectivity index (χ4n) is 6.76. The number of hydrogen-bond donors (Lipinski definition) is 1. The molecule has 38 heavy (non-hydrogen) atoms. The van der Waals surface area contributed by atoms with E-state index in [0.717, 1.165) is 60.4 Å². The van der Waals surface area contributed by atoms with Gasteiger partial charge in [-0.1, -0.05) is 29.8 Å². The normalized spacial score (nSPS) is 20.0. The van der Waals surface area contributed by atoms with E-state index in [1.165, 1.54) is 45.2 Å². The molecule has 2 aromatic carbocycles. The molecule has 0 bridgehead atoms. The molecule has 2 aliphatic heterocycles. The molecule has 1 aliphatic carbocycles. The average molecular weight is 533 g/mol. The Hall–Kier alpha value is -2.83. The SMILES string of the molecule is O=Cc1c(Cl)cccc1CNc1ccc2ccn(CC(=O)N3CCC4(CCC(N5CCC5)CC4)CC3)c2c1. The zero-order valence-corrected chi connectivity index (χ0v) is 22.8. The molecule has 3 aromatic rings. The molecule has 1 amide bonds. The molecule has 6 nitrogen and oxygen atoms in total. The monoisotopic (exact) mass is 532 g/mol. The number of anilines is 1. The molecule has 3 fully saturated rings. The number of hydrogen-bond acceptors (Lipinski definition) is 4. The first-order valence-corrected chi connectivity index (χ1v) is 14.5. The van der Waals surface area contributed by atoms with Crippen molar-refractivity contribution in [3.8, 4) is 0 Å². The van der Waals surface area contributed by atoms with E-state index in [2.05, 4.69) is 37.9 Å². The van der Waals surface area contributed by atoms with Gasteiger partial charge in [0.2, 0.25) is 5.91 Å². The van der Waals surface area contributed by atoms with E-state index in [1.807, 2.05) is 24.4 Å². The van der Waals surface area contributed by atoms with Crippen molar-refractivity contribution in [2.45, 2.75) is 64.1 Å². The van der Waals surface area contributed by atoms with Crippen molar-refractivity contribution in [1.82, 2.24) is 14.4 Å². The Morgan fingerprint density at radius 3 is 2.53 bits per heavy atom. The van der Waals surface area contributed by atoms with E-state index in [4.69, 9.17) is 11.6 Å². The summed E-state index contributed by atoms with van der Waals surface area (Å²) < 4.78 is 2.06. The summed E-state index contributed by atoms with van der Waals surface area (Å²) in [5.41, 5.74) is 3.81. The number of amides is 1. The van der Waals surface area contributed by atoms with Gasteiger partial charge in [-0.25, -0.2) is 0 Å². The summed E-state index contributed by atoms with van der Waals surface area (Å²) in [6, 6.07) is 14.5. The third-order valence-corrected chi connectivity index (χ3v) is 9.75. The summed E-state index contributed by atoms with van der Waals surface area (Å²) in [5, 5.41) is 4.98. The van der Waals surface area contributed by atoms with Crippen molar-refractivity contribution in [3.63, 3.8) is 0 Å². The van der Waals surface area contributed by atoms with Crippen LogP contribution in [0, 0.1) is 5.41 Å². The fourth-order valence-corrected chi connectivity index (χ4v) is 7.00. The van der Waals surface area contributed by atoms with Gasteiger partial charge in [0.1, 0.15) is 6.54 Å². The average Bonchev–Trinajstić information content (AvgIpc) is 3.30. The second kappa shape index (κ2) is 10.7. The maximum Gasteiger partial charge on any atom is 0.242 e. The molecule has 2 saturated heterocycles. The van der Waals surface area contributed by atoms with E-state index in [9.17, 15) is 9.59 Å². The molecule has 1 N–H and O–H groups in total. The van der Waals surface area contributed by atoms with Gasteiger partial charge in [0.25, 0.3) is 0 Å². The van der Waals surface area contributed by atoms with Crippen molar-refractivity contribution >= 4 is 40.4 Å². The van der Waals surface area contributed by atoms with Crippen LogP contribution in [0.3, 0.4) is 0 Å². The smallest absolute Gasteiger partial charge is 0.242 e. The number of aromatic nitrogens is 1. The lowest BCUT2D eigenvalue weighted by Gasteiger charge is -2.49. The maximum absolute atomic E-state index is 13.3. The molecule has 0 radical (unpaired) electrons. The van der Waals surface area contributed by atoms with Gasteiger partial charge in [-0.2, -0.15) is 0 Å². The first-order valence-electron chi connectivity index (χ1n) is 14.1. The van der Waals surface area contributed by atoms with Crippen molar-refractivity contribution < 1.29 is 9.59 Å². The second-order valence-electron chi connectivity index (χ2n) is 11.5. The number of benzene rings is 2. The van der Waals surface area contributed by atoms with Gasteiger partial charge in [0, 0.05) is 43.1 Å². The minimum atomic E-state index is 0.208. The van der Waals surface area contributed by atoms with Crippen LogP contribution in [0.2, 0.25) is 5.02 Å². The molecule has 6 rings (SSSR count). The number of nitrogens with zero attached hydrogens (tertiary/aromatic N) is 3. The fraction of sp³-hybridized carbons (Fsp3) is 0.484. The van der Waals surface area contributed by atoms with Crippen LogP contribution >= 0.6 is 11.6 Å². The maximum atomic E-state index is 13.3. The van der Waals surface area contributed by atoms with Crippen molar-refractivity contribution in [2.75, 3.05) is 31.5 Å². The number of rotatable bonds is 7. The van der Waals surface area contributed by atoms with Crippen molar-refractivity contribution in [3.05, 3.63) is 64.8 Å². The predicted molar refractivity (Wildman–Crippen MR) is 153 cm³/mol. The Morgan fingerprint density at radius 2 is 1.82 bits per heavy atom. The molecule has 1 aromatic heterocycles. The molecule has 3 aliphatic rings. The number of fused-ring (bicyclic) bond motifs is 1. The van der Waals surface area contributed by atoms with Crippen LogP contribution in [0.15, 0.2) is 48.7 Å². The highest BCUT2D eigenvalue weighted by molar-refractivity contribution is 6.33. The lowest BCUT2D eigenvalue weighted by Crippen LogP contribution is -2.50. The van der Waals surface area contributed by atoms with Crippen molar-refractivity contribution in [1.29, 1.82) is 0 Å². The van der Waals surface area contributed by atoms with Crippen LogP contribution in [0.5, 0.6) is 0 Å². The van der Waals surface area contributed by atoms with Gasteiger partial charge >= 0.3 is 0 Å². The van der Waals surface area contributed by atoms with E-state index in [1.54, 1.807) is 6.07 Å². The molecule has 3 heterocycles. The van der Waals surface area contributed by atoms with Gasteiger partial charge in [-0.15, -0.1) is 0 Å². The second-order valence-corrected chi connectivity index (χ2v) is 11.9. The standard InChI is InChI=1S/C31H37ClN4O2/c32-28-4-1-3-24(27(28)22-37)20-33-25-6-5-23-9-16-36(29(23)19-25)21-30(38)35-17-12-31(13-18-35)10-7-26(8-11-31)34-14-2-15-34/h1,3-6,9,16,19,22,26,33H,2,7-8,10-15,17-18,20-21H2. The van der Waals surface area contributed by atoms with Gasteiger partial charge in [0.05, 0.1) is 10.5 Å². The molecule has 1 spiro atoms. The zero-order chi connectivity index (χ0) is 26.1. The summed E-state index contributed by atoms with van der Waals surface area (Å²) in [6.45, 7) is 5.23. The number of piperidine rings is 1. The minimum absolute atomic E-state index is 0.208. The van der Waals surface area contributed by atoms with Crippen LogP contribution < -0.4 is 5.32 Å². The summed E-state index contributed by atoms with van der Waals surface area (Å²) in [6.07, 6.45) is 11.8. The number of halogens is 1. The molecule has 0 atom stereocenters. The first-order chi connectivity index (χ1) is 18.5. The number of carbonyl (C=O) groups is 2. The Labute approximate surface area is 229 Å². The number of nitrogens with one attached hydrogen (secondary N) is 1.